The number of nitrogens with zero attached hydrogens (tertiary/aromatic N) is 2. The summed E-state index contributed by atoms with van der Waals surface area (Å²) in [5, 5.41) is 0.841. The van der Waals surface area contributed by atoms with Gasteiger partial charge in [-0.3, -0.25) is 0 Å². The van der Waals surface area contributed by atoms with E-state index < -0.39 is 9.84 Å². The molecule has 0 fully saturated rings. The first-order valence-electron chi connectivity index (χ1n) is 5.56. The van der Waals surface area contributed by atoms with E-state index in [4.69, 9.17) is 0 Å². The van der Waals surface area contributed by atoms with Gasteiger partial charge in [0.05, 0.1) is 4.90 Å². The van der Waals surface area contributed by atoms with Gasteiger partial charge in [-0.05, 0) is 24.3 Å². The van der Waals surface area contributed by atoms with Crippen molar-refractivity contribution in [3.05, 3.63) is 42.6 Å². The predicted molar refractivity (Wildman–Crippen MR) is 76.0 cm³/mol. The molecule has 0 amide bonds. The Kier molecular flexibility index (Phi) is 2.83. The highest BCUT2D eigenvalue weighted by atomic mass is 32.2. The minimum Gasteiger partial charge on any atom is -0.244 e. The van der Waals surface area contributed by atoms with Crippen molar-refractivity contribution in [3.8, 4) is 10.6 Å². The van der Waals surface area contributed by atoms with Crippen LogP contribution in [0.4, 0.5) is 0 Å². The molecule has 6 heteroatoms. The van der Waals surface area contributed by atoms with Crippen molar-refractivity contribution < 1.29 is 8.42 Å². The van der Waals surface area contributed by atoms with Crippen LogP contribution in [0, 0.1) is 0 Å². The van der Waals surface area contributed by atoms with E-state index >= 15 is 0 Å². The molecule has 0 aliphatic carbocycles. The fourth-order valence-corrected chi connectivity index (χ4v) is 3.28. The van der Waals surface area contributed by atoms with Gasteiger partial charge in [-0.15, -0.1) is 0 Å². The molecule has 0 spiro atoms. The minimum atomic E-state index is -3.16. The zero-order chi connectivity index (χ0) is 13.5. The highest BCUT2D eigenvalue weighted by Gasteiger charge is 2.09. The summed E-state index contributed by atoms with van der Waals surface area (Å²) >= 11 is 1.49. The first-order valence-corrected chi connectivity index (χ1v) is 8.27. The summed E-state index contributed by atoms with van der Waals surface area (Å²) < 4.78 is 22.8. The lowest BCUT2D eigenvalue weighted by atomic mass is 10.2. The number of aromatic nitrogens is 2. The maximum atomic E-state index is 11.4. The fourth-order valence-electron chi connectivity index (χ4n) is 1.74. The van der Waals surface area contributed by atoms with Crippen LogP contribution in [0.5, 0.6) is 0 Å². The standard InChI is InChI=1S/C13H10N2O2S2/c1-19(16,17)10-6-4-9(5-7-10)12-15-11-3-2-8-14-13(11)18-12/h2-8H,1H3. The Morgan fingerprint density at radius 2 is 1.84 bits per heavy atom. The first-order chi connectivity index (χ1) is 9.04. The number of hydrogen-bond donors (Lipinski definition) is 0. The quantitative estimate of drug-likeness (QED) is 0.728. The van der Waals surface area contributed by atoms with Gasteiger partial charge < -0.3 is 0 Å². The van der Waals surface area contributed by atoms with Gasteiger partial charge in [0.1, 0.15) is 15.4 Å². The van der Waals surface area contributed by atoms with Crippen LogP contribution in [-0.4, -0.2) is 24.6 Å². The molecule has 0 aliphatic rings. The van der Waals surface area contributed by atoms with Crippen LogP contribution in [0.15, 0.2) is 47.5 Å². The van der Waals surface area contributed by atoms with Gasteiger partial charge in [0.2, 0.25) is 0 Å². The monoisotopic (exact) mass is 290 g/mol. The van der Waals surface area contributed by atoms with E-state index in [0.29, 0.717) is 4.90 Å². The second-order valence-electron chi connectivity index (χ2n) is 4.14. The highest BCUT2D eigenvalue weighted by molar-refractivity contribution is 7.90. The van der Waals surface area contributed by atoms with Gasteiger partial charge in [-0.25, -0.2) is 18.4 Å². The van der Waals surface area contributed by atoms with Crippen molar-refractivity contribution in [3.63, 3.8) is 0 Å². The molecule has 0 radical (unpaired) electrons. The van der Waals surface area contributed by atoms with E-state index in [1.807, 2.05) is 12.1 Å². The molecule has 2 heterocycles. The van der Waals surface area contributed by atoms with Crippen LogP contribution in [0.1, 0.15) is 0 Å². The number of sulfone groups is 1. The molecular weight excluding hydrogens is 280 g/mol. The summed E-state index contributed by atoms with van der Waals surface area (Å²) in [6.07, 6.45) is 2.93. The van der Waals surface area contributed by atoms with Crippen LogP contribution in [-0.2, 0) is 9.84 Å². The molecule has 0 saturated heterocycles. The lowest BCUT2D eigenvalue weighted by Crippen LogP contribution is -1.96. The van der Waals surface area contributed by atoms with Gasteiger partial charge in [-0.1, -0.05) is 23.5 Å². The zero-order valence-electron chi connectivity index (χ0n) is 10.1. The normalized spacial score (nSPS) is 11.8. The van der Waals surface area contributed by atoms with Crippen LogP contribution < -0.4 is 0 Å². The third-order valence-electron chi connectivity index (χ3n) is 2.70. The van der Waals surface area contributed by atoms with E-state index in [0.717, 1.165) is 20.9 Å². The Balaban J connectivity index is 2.07. The van der Waals surface area contributed by atoms with E-state index in [9.17, 15) is 8.42 Å². The summed E-state index contributed by atoms with van der Waals surface area (Å²) in [6, 6.07) is 10.5. The van der Waals surface area contributed by atoms with E-state index in [-0.39, 0.29) is 0 Å². The zero-order valence-corrected chi connectivity index (χ0v) is 11.7. The predicted octanol–water partition coefficient (Wildman–Crippen LogP) is 2.76. The maximum absolute atomic E-state index is 11.4. The molecule has 0 atom stereocenters. The Bertz CT molecular complexity index is 803. The molecule has 96 valence electrons. The van der Waals surface area contributed by atoms with Gasteiger partial charge in [-0.2, -0.15) is 0 Å². The van der Waals surface area contributed by atoms with Gasteiger partial charge in [0.25, 0.3) is 0 Å². The van der Waals surface area contributed by atoms with Gasteiger partial charge >= 0.3 is 0 Å². The lowest BCUT2D eigenvalue weighted by molar-refractivity contribution is 0.602. The van der Waals surface area contributed by atoms with Crippen molar-refractivity contribution >= 4 is 31.5 Å². The molecule has 3 rings (SSSR count). The maximum Gasteiger partial charge on any atom is 0.175 e. The molecular formula is C13H10N2O2S2. The first kappa shape index (κ1) is 12.3. The van der Waals surface area contributed by atoms with Crippen molar-refractivity contribution in [1.29, 1.82) is 0 Å². The molecule has 1 aromatic carbocycles. The van der Waals surface area contributed by atoms with Crippen LogP contribution in [0.2, 0.25) is 0 Å². The third-order valence-corrected chi connectivity index (χ3v) is 4.85. The lowest BCUT2D eigenvalue weighted by Gasteiger charge is -1.99. The second-order valence-corrected chi connectivity index (χ2v) is 7.14. The SMILES string of the molecule is CS(=O)(=O)c1ccc(-c2nc3cccnc3s2)cc1. The van der Waals surface area contributed by atoms with E-state index in [2.05, 4.69) is 9.97 Å². The molecule has 0 saturated carbocycles. The Labute approximate surface area is 114 Å². The van der Waals surface area contributed by atoms with E-state index in [1.165, 1.54) is 17.6 Å². The molecule has 0 aliphatic heterocycles. The Morgan fingerprint density at radius 1 is 1.11 bits per heavy atom. The van der Waals surface area contributed by atoms with Gasteiger partial charge in [0.15, 0.2) is 9.84 Å². The van der Waals surface area contributed by atoms with Crippen molar-refractivity contribution in [2.24, 2.45) is 0 Å². The third kappa shape index (κ3) is 2.36. The summed E-state index contributed by atoms with van der Waals surface area (Å²) in [6.45, 7) is 0. The van der Waals surface area contributed by atoms with Crippen molar-refractivity contribution in [1.82, 2.24) is 9.97 Å². The number of thiazole rings is 1. The summed E-state index contributed by atoms with van der Waals surface area (Å²) in [5.74, 6) is 0. The number of hydrogen-bond acceptors (Lipinski definition) is 5. The smallest absolute Gasteiger partial charge is 0.175 e. The minimum absolute atomic E-state index is 0.315. The summed E-state index contributed by atoms with van der Waals surface area (Å²) in [7, 11) is -3.16. The number of fused-ring (bicyclic) bond motifs is 1. The number of pyridine rings is 1. The Morgan fingerprint density at radius 3 is 2.47 bits per heavy atom. The fraction of sp³-hybridized carbons (Fsp3) is 0.0769. The number of rotatable bonds is 2. The second kappa shape index (κ2) is 4.40. The topological polar surface area (TPSA) is 59.9 Å². The average Bonchev–Trinajstić information content (AvgIpc) is 2.81. The molecule has 0 unspecified atom stereocenters. The van der Waals surface area contributed by atoms with Crippen molar-refractivity contribution in [2.45, 2.75) is 4.90 Å². The van der Waals surface area contributed by atoms with Gasteiger partial charge in [0, 0.05) is 18.0 Å². The van der Waals surface area contributed by atoms with Crippen LogP contribution in [0.3, 0.4) is 0 Å². The van der Waals surface area contributed by atoms with E-state index in [1.54, 1.807) is 30.5 Å². The largest absolute Gasteiger partial charge is 0.244 e. The average molecular weight is 290 g/mol. The molecule has 19 heavy (non-hydrogen) atoms. The van der Waals surface area contributed by atoms with Crippen LogP contribution >= 0.6 is 11.3 Å². The number of benzene rings is 1. The molecule has 3 aromatic rings. The molecule has 4 nitrogen and oxygen atoms in total. The Hall–Kier alpha value is -1.79. The highest BCUT2D eigenvalue weighted by Crippen LogP contribution is 2.29. The van der Waals surface area contributed by atoms with Crippen LogP contribution in [0.25, 0.3) is 20.9 Å². The summed E-state index contributed by atoms with van der Waals surface area (Å²) in [4.78, 5) is 9.92. The van der Waals surface area contributed by atoms with Crippen molar-refractivity contribution in [2.75, 3.05) is 6.26 Å². The molecule has 2 aromatic heterocycles. The molecule has 0 bridgehead atoms. The molecule has 0 N–H and O–H groups in total. The summed E-state index contributed by atoms with van der Waals surface area (Å²) in [5.41, 5.74) is 1.75.